The van der Waals surface area contributed by atoms with Crippen LogP contribution in [0.4, 0.5) is 5.82 Å². The van der Waals surface area contributed by atoms with Gasteiger partial charge in [0.2, 0.25) is 0 Å². The summed E-state index contributed by atoms with van der Waals surface area (Å²) in [5.74, 6) is 0.991. The minimum absolute atomic E-state index is 0.193. The van der Waals surface area contributed by atoms with Crippen LogP contribution in [0.2, 0.25) is 0 Å². The molecule has 0 atom stereocenters. The van der Waals surface area contributed by atoms with E-state index in [9.17, 15) is 0 Å². The maximum atomic E-state index is 9.07. The van der Waals surface area contributed by atoms with Gasteiger partial charge in [-0.2, -0.15) is 0 Å². The second-order valence-electron chi connectivity index (χ2n) is 3.78. The maximum absolute atomic E-state index is 9.07. The van der Waals surface area contributed by atoms with Gasteiger partial charge in [0.15, 0.2) is 0 Å². The smallest absolute Gasteiger partial charge is 0.134 e. The van der Waals surface area contributed by atoms with E-state index >= 15 is 0 Å². The number of aromatic hydroxyl groups is 1. The van der Waals surface area contributed by atoms with Crippen molar-refractivity contribution in [2.45, 2.75) is 0 Å². The van der Waals surface area contributed by atoms with E-state index in [1.54, 1.807) is 12.1 Å². The third-order valence-corrected chi connectivity index (χ3v) is 2.59. The lowest BCUT2D eigenvalue weighted by Crippen LogP contribution is -2.39. The normalized spacial score (nSPS) is 17.2. The zero-order chi connectivity index (χ0) is 11.2. The summed E-state index contributed by atoms with van der Waals surface area (Å²) < 4.78 is 5.28. The number of ether oxygens (including phenoxy) is 1. The summed E-state index contributed by atoms with van der Waals surface area (Å²) in [5, 5.41) is 12.3. The Bertz CT molecular complexity index is 310. The Balaban J connectivity index is 1.69. The van der Waals surface area contributed by atoms with Crippen LogP contribution < -0.4 is 5.32 Å². The van der Waals surface area contributed by atoms with Gasteiger partial charge in [0.05, 0.1) is 19.4 Å². The lowest BCUT2D eigenvalue weighted by atomic mass is 10.4. The van der Waals surface area contributed by atoms with Crippen LogP contribution in [0.15, 0.2) is 18.3 Å². The molecule has 5 heteroatoms. The van der Waals surface area contributed by atoms with E-state index in [1.807, 2.05) is 0 Å². The molecule has 0 aromatic carbocycles. The molecule has 0 bridgehead atoms. The maximum Gasteiger partial charge on any atom is 0.134 e. The lowest BCUT2D eigenvalue weighted by Gasteiger charge is -2.26. The summed E-state index contributed by atoms with van der Waals surface area (Å²) in [6.45, 7) is 5.52. The highest BCUT2D eigenvalue weighted by Gasteiger charge is 2.08. The number of rotatable bonds is 4. The van der Waals surface area contributed by atoms with Crippen LogP contribution in [-0.2, 0) is 4.74 Å². The first-order chi connectivity index (χ1) is 7.84. The summed E-state index contributed by atoms with van der Waals surface area (Å²) in [4.78, 5) is 6.41. The first-order valence-electron chi connectivity index (χ1n) is 5.53. The van der Waals surface area contributed by atoms with Gasteiger partial charge < -0.3 is 15.2 Å². The van der Waals surface area contributed by atoms with Gasteiger partial charge in [-0.05, 0) is 12.1 Å². The van der Waals surface area contributed by atoms with Crippen molar-refractivity contribution < 1.29 is 9.84 Å². The van der Waals surface area contributed by atoms with Crippen molar-refractivity contribution in [2.24, 2.45) is 0 Å². The molecule has 1 aliphatic rings. The molecule has 2 N–H and O–H groups in total. The number of hydrogen-bond acceptors (Lipinski definition) is 5. The Labute approximate surface area is 95.1 Å². The summed E-state index contributed by atoms with van der Waals surface area (Å²) >= 11 is 0. The topological polar surface area (TPSA) is 57.6 Å². The van der Waals surface area contributed by atoms with E-state index in [-0.39, 0.29) is 5.75 Å². The molecule has 88 valence electrons. The van der Waals surface area contributed by atoms with Crippen LogP contribution >= 0.6 is 0 Å². The molecule has 2 rings (SSSR count). The highest BCUT2D eigenvalue weighted by Crippen LogP contribution is 2.09. The third-order valence-electron chi connectivity index (χ3n) is 2.59. The number of nitrogens with one attached hydrogen (secondary N) is 1. The van der Waals surface area contributed by atoms with Gasteiger partial charge in [-0.15, -0.1) is 0 Å². The van der Waals surface area contributed by atoms with Crippen LogP contribution in [0.5, 0.6) is 5.75 Å². The van der Waals surface area contributed by atoms with Crippen LogP contribution in [0.3, 0.4) is 0 Å². The van der Waals surface area contributed by atoms with Crippen molar-refractivity contribution in [1.82, 2.24) is 9.88 Å². The number of nitrogens with zero attached hydrogens (tertiary/aromatic N) is 2. The molecule has 0 aliphatic carbocycles. The fourth-order valence-corrected chi connectivity index (χ4v) is 1.66. The first kappa shape index (κ1) is 11.2. The SMILES string of the molecule is Oc1ccc(NCCN2CCOCC2)nc1. The van der Waals surface area contributed by atoms with Crippen LogP contribution in [0.25, 0.3) is 0 Å². The molecule has 1 saturated heterocycles. The molecule has 0 unspecified atom stereocenters. The average Bonchev–Trinajstić information content (AvgIpc) is 2.33. The van der Waals surface area contributed by atoms with Gasteiger partial charge >= 0.3 is 0 Å². The monoisotopic (exact) mass is 223 g/mol. The molecule has 0 amide bonds. The summed E-state index contributed by atoms with van der Waals surface area (Å²) in [7, 11) is 0. The Morgan fingerprint density at radius 2 is 2.19 bits per heavy atom. The van der Waals surface area contributed by atoms with Gasteiger partial charge in [-0.1, -0.05) is 0 Å². The largest absolute Gasteiger partial charge is 0.506 e. The van der Waals surface area contributed by atoms with Gasteiger partial charge in [-0.3, -0.25) is 4.90 Å². The van der Waals surface area contributed by atoms with Crippen molar-refractivity contribution in [3.05, 3.63) is 18.3 Å². The van der Waals surface area contributed by atoms with Crippen molar-refractivity contribution in [1.29, 1.82) is 0 Å². The van der Waals surface area contributed by atoms with E-state index in [0.29, 0.717) is 0 Å². The van der Waals surface area contributed by atoms with E-state index in [4.69, 9.17) is 9.84 Å². The zero-order valence-electron chi connectivity index (χ0n) is 9.22. The molecule has 0 saturated carbocycles. The molecule has 0 spiro atoms. The minimum Gasteiger partial charge on any atom is -0.506 e. The van der Waals surface area contributed by atoms with Gasteiger partial charge in [0, 0.05) is 26.2 Å². The van der Waals surface area contributed by atoms with Crippen molar-refractivity contribution in [2.75, 3.05) is 44.7 Å². The van der Waals surface area contributed by atoms with Crippen molar-refractivity contribution in [3.8, 4) is 5.75 Å². The van der Waals surface area contributed by atoms with E-state index in [1.165, 1.54) is 6.20 Å². The number of morpholine rings is 1. The third kappa shape index (κ3) is 3.36. The van der Waals surface area contributed by atoms with Gasteiger partial charge in [0.1, 0.15) is 11.6 Å². The van der Waals surface area contributed by atoms with Crippen LogP contribution in [0, 0.1) is 0 Å². The highest BCUT2D eigenvalue weighted by atomic mass is 16.5. The summed E-state index contributed by atoms with van der Waals surface area (Å²) in [6, 6.07) is 3.40. The molecule has 1 fully saturated rings. The van der Waals surface area contributed by atoms with E-state index in [2.05, 4.69) is 15.2 Å². The molecule has 2 heterocycles. The molecular weight excluding hydrogens is 206 g/mol. The fraction of sp³-hybridized carbons (Fsp3) is 0.545. The van der Waals surface area contributed by atoms with Gasteiger partial charge in [-0.25, -0.2) is 4.98 Å². The summed E-state index contributed by atoms with van der Waals surface area (Å²) in [5.41, 5.74) is 0. The second kappa shape index (κ2) is 5.67. The lowest BCUT2D eigenvalue weighted by molar-refractivity contribution is 0.0398. The Morgan fingerprint density at radius 1 is 1.38 bits per heavy atom. The molecule has 5 nitrogen and oxygen atoms in total. The predicted molar refractivity (Wildman–Crippen MR) is 61.7 cm³/mol. The Morgan fingerprint density at radius 3 is 2.88 bits per heavy atom. The summed E-state index contributed by atoms with van der Waals surface area (Å²) in [6.07, 6.45) is 1.44. The van der Waals surface area contributed by atoms with Crippen LogP contribution in [0.1, 0.15) is 0 Å². The van der Waals surface area contributed by atoms with E-state index in [0.717, 1.165) is 45.2 Å². The van der Waals surface area contributed by atoms with Gasteiger partial charge in [0.25, 0.3) is 0 Å². The van der Waals surface area contributed by atoms with Crippen molar-refractivity contribution in [3.63, 3.8) is 0 Å². The quantitative estimate of drug-likeness (QED) is 0.780. The number of hydrogen-bond donors (Lipinski definition) is 2. The molecule has 1 aromatic heterocycles. The Kier molecular flexibility index (Phi) is 3.96. The fourth-order valence-electron chi connectivity index (χ4n) is 1.66. The molecule has 16 heavy (non-hydrogen) atoms. The first-order valence-corrected chi connectivity index (χ1v) is 5.53. The van der Waals surface area contributed by atoms with Crippen LogP contribution in [-0.4, -0.2) is 54.4 Å². The highest BCUT2D eigenvalue weighted by molar-refractivity contribution is 5.36. The minimum atomic E-state index is 0.193. The number of aromatic nitrogens is 1. The van der Waals surface area contributed by atoms with Crippen molar-refractivity contribution >= 4 is 5.82 Å². The standard InChI is InChI=1S/C11H17N3O2/c15-10-1-2-11(13-9-10)12-3-4-14-5-7-16-8-6-14/h1-2,9,15H,3-8H2,(H,12,13). The number of anilines is 1. The second-order valence-corrected chi connectivity index (χ2v) is 3.78. The average molecular weight is 223 g/mol. The number of pyridine rings is 1. The zero-order valence-corrected chi connectivity index (χ0v) is 9.22. The molecule has 1 aliphatic heterocycles. The molecule has 0 radical (unpaired) electrons. The van der Waals surface area contributed by atoms with E-state index < -0.39 is 0 Å². The molecule has 1 aromatic rings. The molecular formula is C11H17N3O2. The predicted octanol–water partition coefficient (Wildman–Crippen LogP) is 0.531. The Hall–Kier alpha value is -1.33.